The van der Waals surface area contributed by atoms with Crippen LogP contribution in [0.3, 0.4) is 0 Å². The fourth-order valence-corrected chi connectivity index (χ4v) is 3.62. The van der Waals surface area contributed by atoms with E-state index in [1.165, 1.54) is 18.4 Å². The van der Waals surface area contributed by atoms with E-state index in [9.17, 15) is 4.79 Å². The number of aryl methyl sites for hydroxylation is 1. The van der Waals surface area contributed by atoms with E-state index in [1.54, 1.807) is 12.1 Å². The number of guanidine groups is 1. The van der Waals surface area contributed by atoms with Crippen molar-refractivity contribution in [3.05, 3.63) is 64.7 Å². The zero-order valence-electron chi connectivity index (χ0n) is 18.3. The van der Waals surface area contributed by atoms with Crippen LogP contribution in [0.5, 0.6) is 5.75 Å². The normalized spacial score (nSPS) is 14.1. The molecule has 2 aromatic carbocycles. The van der Waals surface area contributed by atoms with E-state index in [0.29, 0.717) is 24.8 Å². The summed E-state index contributed by atoms with van der Waals surface area (Å²) in [5.41, 5.74) is 9.11. The molecule has 31 heavy (non-hydrogen) atoms. The number of nitrogens with two attached hydrogens (primary N) is 1. The van der Waals surface area contributed by atoms with Crippen molar-refractivity contribution in [2.45, 2.75) is 58.7 Å². The molecule has 1 aliphatic rings. The zero-order chi connectivity index (χ0) is 21.3. The molecule has 0 radical (unpaired) electrons. The van der Waals surface area contributed by atoms with Gasteiger partial charge in [0.15, 0.2) is 5.96 Å². The molecular weight excluding hydrogens is 503 g/mol. The molecule has 0 spiro atoms. The van der Waals surface area contributed by atoms with Gasteiger partial charge in [0.05, 0.1) is 12.6 Å². The number of hydrogen-bond donors (Lipinski definition) is 3. The Balaban J connectivity index is 0.00000341. The molecule has 0 atom stereocenters. The van der Waals surface area contributed by atoms with Crippen molar-refractivity contribution in [2.24, 2.45) is 10.7 Å². The minimum atomic E-state index is -0.431. The minimum absolute atomic E-state index is 0. The molecule has 0 aliphatic heterocycles. The van der Waals surface area contributed by atoms with Crippen LogP contribution >= 0.6 is 24.0 Å². The summed E-state index contributed by atoms with van der Waals surface area (Å²) in [4.78, 5) is 16.0. The van der Waals surface area contributed by atoms with Gasteiger partial charge >= 0.3 is 0 Å². The molecule has 0 bridgehead atoms. The van der Waals surface area contributed by atoms with Crippen LogP contribution in [-0.4, -0.2) is 24.5 Å². The van der Waals surface area contributed by atoms with Crippen molar-refractivity contribution >= 4 is 35.8 Å². The number of primary amides is 1. The summed E-state index contributed by atoms with van der Waals surface area (Å²) in [5, 5.41) is 6.67. The molecule has 7 heteroatoms. The van der Waals surface area contributed by atoms with Crippen LogP contribution in [0.15, 0.2) is 47.5 Å². The van der Waals surface area contributed by atoms with Gasteiger partial charge in [-0.1, -0.05) is 24.3 Å². The number of aliphatic imine (C=N–C) groups is 1. The highest BCUT2D eigenvalue weighted by atomic mass is 127. The fraction of sp³-hybridized carbons (Fsp3) is 0.417. The Hall–Kier alpha value is -2.29. The van der Waals surface area contributed by atoms with E-state index in [4.69, 9.17) is 10.5 Å². The number of nitrogens with one attached hydrogen (secondary N) is 2. The third-order valence-corrected chi connectivity index (χ3v) is 5.24. The monoisotopic (exact) mass is 536 g/mol. The zero-order valence-corrected chi connectivity index (χ0v) is 20.6. The van der Waals surface area contributed by atoms with Crippen LogP contribution in [0.4, 0.5) is 0 Å². The van der Waals surface area contributed by atoms with Gasteiger partial charge in [-0.05, 0) is 68.9 Å². The van der Waals surface area contributed by atoms with Gasteiger partial charge in [0.1, 0.15) is 5.75 Å². The summed E-state index contributed by atoms with van der Waals surface area (Å²) in [5.74, 6) is 1.24. The van der Waals surface area contributed by atoms with Crippen LogP contribution in [0.2, 0.25) is 0 Å². The number of benzene rings is 2. The Morgan fingerprint density at radius 2 is 1.94 bits per heavy atom. The average molecular weight is 536 g/mol. The molecule has 2 aromatic rings. The first-order valence-corrected chi connectivity index (χ1v) is 10.7. The second-order valence-electron chi connectivity index (χ2n) is 7.75. The molecule has 4 N–H and O–H groups in total. The summed E-state index contributed by atoms with van der Waals surface area (Å²) in [6, 6.07) is 13.6. The lowest BCUT2D eigenvalue weighted by atomic mass is 10.1. The van der Waals surface area contributed by atoms with Crippen LogP contribution in [0, 0.1) is 6.92 Å². The van der Waals surface area contributed by atoms with E-state index in [2.05, 4.69) is 40.7 Å². The maximum Gasteiger partial charge on any atom is 0.248 e. The SMILES string of the molecule is CCNC(=NCc1cccc(C(N)=O)c1)NCc1ccc(C)cc1OC1CCCC1.I. The maximum atomic E-state index is 11.4. The Labute approximate surface area is 202 Å². The van der Waals surface area contributed by atoms with Gasteiger partial charge in [0.2, 0.25) is 5.91 Å². The molecule has 1 saturated carbocycles. The summed E-state index contributed by atoms with van der Waals surface area (Å²) < 4.78 is 6.30. The average Bonchev–Trinajstić information content (AvgIpc) is 3.24. The number of rotatable bonds is 8. The topological polar surface area (TPSA) is 88.7 Å². The van der Waals surface area contributed by atoms with E-state index in [0.717, 1.165) is 42.2 Å². The molecule has 1 amide bonds. The van der Waals surface area contributed by atoms with Crippen molar-refractivity contribution < 1.29 is 9.53 Å². The first kappa shape index (κ1) is 25.0. The molecule has 0 heterocycles. The van der Waals surface area contributed by atoms with Gasteiger partial charge in [-0.15, -0.1) is 24.0 Å². The molecule has 1 fully saturated rings. The largest absolute Gasteiger partial charge is 0.490 e. The summed E-state index contributed by atoms with van der Waals surface area (Å²) in [6.45, 7) is 5.95. The van der Waals surface area contributed by atoms with Gasteiger partial charge < -0.3 is 21.1 Å². The summed E-state index contributed by atoms with van der Waals surface area (Å²) in [7, 11) is 0. The highest BCUT2D eigenvalue weighted by Crippen LogP contribution is 2.27. The predicted octanol–water partition coefficient (Wildman–Crippen LogP) is 4.29. The fourth-order valence-electron chi connectivity index (χ4n) is 3.62. The number of amides is 1. The lowest BCUT2D eigenvalue weighted by Gasteiger charge is -2.18. The van der Waals surface area contributed by atoms with Crippen molar-refractivity contribution in [3.63, 3.8) is 0 Å². The highest BCUT2D eigenvalue weighted by Gasteiger charge is 2.18. The van der Waals surface area contributed by atoms with Gasteiger partial charge in [-0.2, -0.15) is 0 Å². The third kappa shape index (κ3) is 7.72. The summed E-state index contributed by atoms with van der Waals surface area (Å²) >= 11 is 0. The van der Waals surface area contributed by atoms with Gasteiger partial charge in [0, 0.05) is 24.2 Å². The van der Waals surface area contributed by atoms with E-state index >= 15 is 0 Å². The van der Waals surface area contributed by atoms with E-state index in [1.807, 2.05) is 19.1 Å². The van der Waals surface area contributed by atoms with Crippen molar-refractivity contribution in [1.29, 1.82) is 0 Å². The Bertz CT molecular complexity index is 895. The van der Waals surface area contributed by atoms with Gasteiger partial charge in [-0.3, -0.25) is 4.79 Å². The lowest BCUT2D eigenvalue weighted by molar-refractivity contribution is 0.1000. The Morgan fingerprint density at radius 3 is 2.65 bits per heavy atom. The van der Waals surface area contributed by atoms with Gasteiger partial charge in [-0.25, -0.2) is 4.99 Å². The Morgan fingerprint density at radius 1 is 1.16 bits per heavy atom. The third-order valence-electron chi connectivity index (χ3n) is 5.24. The number of hydrogen-bond acceptors (Lipinski definition) is 3. The van der Waals surface area contributed by atoms with Crippen LogP contribution in [0.25, 0.3) is 0 Å². The van der Waals surface area contributed by atoms with Gasteiger partial charge in [0.25, 0.3) is 0 Å². The standard InChI is InChI=1S/C24H32N4O2.HI/c1-3-26-24(27-15-18-7-6-8-19(14-18)23(25)29)28-16-20-12-11-17(2)13-22(20)30-21-9-4-5-10-21;/h6-8,11-14,21H,3-5,9-10,15-16H2,1-2H3,(H2,25,29)(H2,26,27,28);1H. The van der Waals surface area contributed by atoms with E-state index < -0.39 is 5.91 Å². The lowest BCUT2D eigenvalue weighted by Crippen LogP contribution is -2.37. The number of nitrogens with zero attached hydrogens (tertiary/aromatic N) is 1. The van der Waals surface area contributed by atoms with E-state index in [-0.39, 0.29) is 24.0 Å². The predicted molar refractivity (Wildman–Crippen MR) is 136 cm³/mol. The van der Waals surface area contributed by atoms with Crippen LogP contribution in [-0.2, 0) is 13.1 Å². The molecular formula is C24H33IN4O2. The number of carbonyl (C=O) groups excluding carboxylic acids is 1. The van der Waals surface area contributed by atoms with Crippen LogP contribution in [0.1, 0.15) is 59.7 Å². The molecule has 1 aliphatic carbocycles. The molecule has 0 saturated heterocycles. The smallest absolute Gasteiger partial charge is 0.248 e. The molecule has 168 valence electrons. The highest BCUT2D eigenvalue weighted by molar-refractivity contribution is 14.0. The number of halogens is 1. The second kappa shape index (κ2) is 12.5. The van der Waals surface area contributed by atoms with Crippen LogP contribution < -0.4 is 21.1 Å². The molecule has 3 rings (SSSR count). The van der Waals surface area contributed by atoms with Crippen molar-refractivity contribution in [1.82, 2.24) is 10.6 Å². The summed E-state index contributed by atoms with van der Waals surface area (Å²) in [6.07, 6.45) is 5.09. The second-order valence-corrected chi connectivity index (χ2v) is 7.75. The number of carbonyl (C=O) groups is 1. The Kier molecular flexibility index (Phi) is 10.1. The first-order chi connectivity index (χ1) is 14.5. The first-order valence-electron chi connectivity index (χ1n) is 10.7. The number of ether oxygens (including phenoxy) is 1. The molecule has 6 nitrogen and oxygen atoms in total. The molecule has 0 unspecified atom stereocenters. The van der Waals surface area contributed by atoms with Crippen molar-refractivity contribution in [3.8, 4) is 5.75 Å². The van der Waals surface area contributed by atoms with Crippen molar-refractivity contribution in [2.75, 3.05) is 6.54 Å². The maximum absolute atomic E-state index is 11.4. The minimum Gasteiger partial charge on any atom is -0.490 e. The molecule has 0 aromatic heterocycles. The quantitative estimate of drug-likeness (QED) is 0.267.